The Morgan fingerprint density at radius 2 is 1.75 bits per heavy atom. The molecular formula is C13H24N2O. The molecule has 92 valence electrons. The quantitative estimate of drug-likeness (QED) is 0.796. The first kappa shape index (κ1) is 11.9. The van der Waals surface area contributed by atoms with Crippen LogP contribution in [0.2, 0.25) is 0 Å². The van der Waals surface area contributed by atoms with Crippen LogP contribution in [-0.4, -0.2) is 29.9 Å². The molecule has 2 aliphatic rings. The van der Waals surface area contributed by atoms with E-state index in [1.165, 1.54) is 38.5 Å². The average Bonchev–Trinajstić information content (AvgIpc) is 2.26. The van der Waals surface area contributed by atoms with Gasteiger partial charge in [-0.25, -0.2) is 0 Å². The van der Waals surface area contributed by atoms with Gasteiger partial charge in [0.25, 0.3) is 0 Å². The predicted octanol–water partition coefficient (Wildman–Crippen LogP) is 1.90. The van der Waals surface area contributed by atoms with Gasteiger partial charge < -0.3 is 10.6 Å². The van der Waals surface area contributed by atoms with Crippen molar-refractivity contribution in [1.82, 2.24) is 4.90 Å². The largest absolute Gasteiger partial charge is 0.341 e. The predicted molar refractivity (Wildman–Crippen MR) is 65.0 cm³/mol. The van der Waals surface area contributed by atoms with E-state index in [1.807, 2.05) is 11.9 Å². The standard InChI is InChI=1S/C13H24N2O/c1-15(11-8-5-9-11)13(16)12(14)10-6-3-2-4-7-10/h10-12H,2-9,14H2,1H3/t12-/m0/s1. The molecule has 2 aliphatic carbocycles. The molecule has 3 heteroatoms. The van der Waals surface area contributed by atoms with Gasteiger partial charge in [-0.3, -0.25) is 4.79 Å². The summed E-state index contributed by atoms with van der Waals surface area (Å²) in [6, 6.07) is 0.230. The molecule has 0 saturated heterocycles. The SMILES string of the molecule is CN(C(=O)[C@@H](N)C1CCCCC1)C1CCC1. The normalized spacial score (nSPS) is 24.9. The van der Waals surface area contributed by atoms with Gasteiger partial charge in [-0.05, 0) is 38.0 Å². The highest BCUT2D eigenvalue weighted by molar-refractivity contribution is 5.82. The molecule has 0 unspecified atom stereocenters. The zero-order valence-corrected chi connectivity index (χ0v) is 10.3. The molecule has 0 aromatic carbocycles. The molecule has 16 heavy (non-hydrogen) atoms. The lowest BCUT2D eigenvalue weighted by molar-refractivity contribution is -0.136. The Balaban J connectivity index is 1.86. The number of carbonyl (C=O) groups excluding carboxylic acids is 1. The van der Waals surface area contributed by atoms with Crippen molar-refractivity contribution in [2.45, 2.75) is 63.5 Å². The van der Waals surface area contributed by atoms with E-state index in [0.717, 1.165) is 12.8 Å². The maximum Gasteiger partial charge on any atom is 0.239 e. The molecule has 2 fully saturated rings. The summed E-state index contributed by atoms with van der Waals surface area (Å²) < 4.78 is 0. The second-order valence-corrected chi connectivity index (χ2v) is 5.46. The molecule has 2 saturated carbocycles. The van der Waals surface area contributed by atoms with Gasteiger partial charge in [-0.1, -0.05) is 19.3 Å². The maximum atomic E-state index is 12.2. The molecule has 1 amide bonds. The van der Waals surface area contributed by atoms with E-state index in [4.69, 9.17) is 5.73 Å². The fraction of sp³-hybridized carbons (Fsp3) is 0.923. The lowest BCUT2D eigenvalue weighted by Crippen LogP contribution is -2.51. The van der Waals surface area contributed by atoms with E-state index in [0.29, 0.717) is 12.0 Å². The van der Waals surface area contributed by atoms with Crippen LogP contribution in [0.1, 0.15) is 51.4 Å². The number of hydrogen-bond donors (Lipinski definition) is 1. The highest BCUT2D eigenvalue weighted by Gasteiger charge is 2.32. The Kier molecular flexibility index (Phi) is 3.85. The molecule has 0 aliphatic heterocycles. The number of carbonyl (C=O) groups is 1. The number of amides is 1. The van der Waals surface area contributed by atoms with E-state index < -0.39 is 0 Å². The van der Waals surface area contributed by atoms with Gasteiger partial charge in [0, 0.05) is 13.1 Å². The molecular weight excluding hydrogens is 200 g/mol. The van der Waals surface area contributed by atoms with Crippen LogP contribution < -0.4 is 5.73 Å². The van der Waals surface area contributed by atoms with Crippen molar-refractivity contribution in [1.29, 1.82) is 0 Å². The molecule has 0 aromatic rings. The minimum atomic E-state index is -0.245. The van der Waals surface area contributed by atoms with Crippen molar-refractivity contribution in [2.24, 2.45) is 11.7 Å². The van der Waals surface area contributed by atoms with E-state index in [1.54, 1.807) is 0 Å². The minimum absolute atomic E-state index is 0.177. The maximum absolute atomic E-state index is 12.2. The second kappa shape index (κ2) is 5.17. The third kappa shape index (κ3) is 2.40. The lowest BCUT2D eigenvalue weighted by atomic mass is 9.83. The highest BCUT2D eigenvalue weighted by Crippen LogP contribution is 2.28. The minimum Gasteiger partial charge on any atom is -0.341 e. The van der Waals surface area contributed by atoms with Crippen molar-refractivity contribution >= 4 is 5.91 Å². The van der Waals surface area contributed by atoms with Crippen molar-refractivity contribution in [3.8, 4) is 0 Å². The van der Waals surface area contributed by atoms with Gasteiger partial charge in [-0.2, -0.15) is 0 Å². The van der Waals surface area contributed by atoms with Crippen LogP contribution in [-0.2, 0) is 4.79 Å². The summed E-state index contributed by atoms with van der Waals surface area (Å²) in [5, 5.41) is 0. The van der Waals surface area contributed by atoms with Crippen LogP contribution in [0, 0.1) is 5.92 Å². The Morgan fingerprint density at radius 1 is 1.12 bits per heavy atom. The van der Waals surface area contributed by atoms with Gasteiger partial charge in [0.15, 0.2) is 0 Å². The van der Waals surface area contributed by atoms with Gasteiger partial charge in [0.1, 0.15) is 0 Å². The fourth-order valence-corrected chi connectivity index (χ4v) is 2.88. The zero-order chi connectivity index (χ0) is 11.5. The van der Waals surface area contributed by atoms with Crippen LogP contribution in [0.3, 0.4) is 0 Å². The van der Waals surface area contributed by atoms with Crippen LogP contribution in [0.5, 0.6) is 0 Å². The Labute approximate surface area is 98.4 Å². The summed E-state index contributed by atoms with van der Waals surface area (Å²) in [6.07, 6.45) is 9.70. The summed E-state index contributed by atoms with van der Waals surface area (Å²) in [7, 11) is 1.93. The number of nitrogens with two attached hydrogens (primary N) is 1. The monoisotopic (exact) mass is 224 g/mol. The van der Waals surface area contributed by atoms with Crippen molar-refractivity contribution in [3.05, 3.63) is 0 Å². The van der Waals surface area contributed by atoms with Crippen molar-refractivity contribution in [3.63, 3.8) is 0 Å². The Hall–Kier alpha value is -0.570. The first-order valence-electron chi connectivity index (χ1n) is 6.72. The van der Waals surface area contributed by atoms with Crippen LogP contribution in [0.25, 0.3) is 0 Å². The second-order valence-electron chi connectivity index (χ2n) is 5.46. The van der Waals surface area contributed by atoms with Gasteiger partial charge >= 0.3 is 0 Å². The molecule has 1 atom stereocenters. The lowest BCUT2D eigenvalue weighted by Gasteiger charge is -2.38. The summed E-state index contributed by atoms with van der Waals surface area (Å²) in [5.74, 6) is 0.611. The number of rotatable bonds is 3. The van der Waals surface area contributed by atoms with E-state index in [-0.39, 0.29) is 11.9 Å². The number of likely N-dealkylation sites (N-methyl/N-ethyl adjacent to an activating group) is 1. The smallest absolute Gasteiger partial charge is 0.239 e. The Morgan fingerprint density at radius 3 is 2.25 bits per heavy atom. The molecule has 2 rings (SSSR count). The summed E-state index contributed by atoms with van der Waals surface area (Å²) in [4.78, 5) is 14.1. The average molecular weight is 224 g/mol. The van der Waals surface area contributed by atoms with Crippen LogP contribution >= 0.6 is 0 Å². The van der Waals surface area contributed by atoms with Crippen LogP contribution in [0.15, 0.2) is 0 Å². The van der Waals surface area contributed by atoms with E-state index in [9.17, 15) is 4.79 Å². The number of hydrogen-bond acceptors (Lipinski definition) is 2. The molecule has 0 bridgehead atoms. The summed E-state index contributed by atoms with van der Waals surface area (Å²) >= 11 is 0. The molecule has 2 N–H and O–H groups in total. The molecule has 3 nitrogen and oxygen atoms in total. The highest BCUT2D eigenvalue weighted by atomic mass is 16.2. The first-order chi connectivity index (χ1) is 7.70. The van der Waals surface area contributed by atoms with Gasteiger partial charge in [-0.15, -0.1) is 0 Å². The Bertz CT molecular complexity index is 244. The molecule has 0 heterocycles. The van der Waals surface area contributed by atoms with E-state index in [2.05, 4.69) is 0 Å². The summed E-state index contributed by atoms with van der Waals surface area (Å²) in [5.41, 5.74) is 6.12. The van der Waals surface area contributed by atoms with Gasteiger partial charge in [0.05, 0.1) is 6.04 Å². The molecule has 0 radical (unpaired) electrons. The topological polar surface area (TPSA) is 46.3 Å². The van der Waals surface area contributed by atoms with Crippen molar-refractivity contribution in [2.75, 3.05) is 7.05 Å². The number of nitrogens with zero attached hydrogens (tertiary/aromatic N) is 1. The first-order valence-corrected chi connectivity index (χ1v) is 6.72. The fourth-order valence-electron chi connectivity index (χ4n) is 2.88. The van der Waals surface area contributed by atoms with E-state index >= 15 is 0 Å². The molecule has 0 spiro atoms. The zero-order valence-electron chi connectivity index (χ0n) is 10.3. The van der Waals surface area contributed by atoms with Crippen molar-refractivity contribution < 1.29 is 4.79 Å². The van der Waals surface area contributed by atoms with Crippen LogP contribution in [0.4, 0.5) is 0 Å². The summed E-state index contributed by atoms with van der Waals surface area (Å²) in [6.45, 7) is 0. The third-order valence-electron chi connectivity index (χ3n) is 4.41. The third-order valence-corrected chi connectivity index (χ3v) is 4.41. The van der Waals surface area contributed by atoms with Gasteiger partial charge in [0.2, 0.25) is 5.91 Å². The molecule has 0 aromatic heterocycles.